The second-order valence-corrected chi connectivity index (χ2v) is 6.40. The van der Waals surface area contributed by atoms with Crippen LogP contribution in [-0.2, 0) is 9.09 Å². The van der Waals surface area contributed by atoms with E-state index in [0.29, 0.717) is 0 Å². The summed E-state index contributed by atoms with van der Waals surface area (Å²) in [4.78, 5) is 21.3. The van der Waals surface area contributed by atoms with Crippen molar-refractivity contribution in [3.8, 4) is 5.82 Å². The van der Waals surface area contributed by atoms with Gasteiger partial charge in [-0.2, -0.15) is 13.2 Å². The number of alkyl halides is 3. The third-order valence-electron chi connectivity index (χ3n) is 2.99. The van der Waals surface area contributed by atoms with Crippen LogP contribution >= 0.6 is 7.82 Å². The largest absolute Gasteiger partial charge is 0.470 e. The number of halogens is 3. The predicted molar refractivity (Wildman–Crippen MR) is 75.2 cm³/mol. The van der Waals surface area contributed by atoms with Gasteiger partial charge >= 0.3 is 14.0 Å². The number of nitrogens with zero attached hydrogens (tertiary/aromatic N) is 4. The third-order valence-corrected chi connectivity index (χ3v) is 3.48. The number of hydrogen-bond donors (Lipinski definition) is 2. The number of phosphoric acid groups is 1. The Morgan fingerprint density at radius 1 is 1.29 bits per heavy atom. The van der Waals surface area contributed by atoms with Gasteiger partial charge in [0.15, 0.2) is 5.82 Å². The van der Waals surface area contributed by atoms with E-state index in [0.717, 1.165) is 16.4 Å². The Hall–Kier alpha value is -1.81. The predicted octanol–water partition coefficient (Wildman–Crippen LogP) is 2.50. The fourth-order valence-corrected chi connectivity index (χ4v) is 2.30. The van der Waals surface area contributed by atoms with Gasteiger partial charge in [0.25, 0.3) is 0 Å². The summed E-state index contributed by atoms with van der Waals surface area (Å²) >= 11 is 0. The Morgan fingerprint density at radius 2 is 1.96 bits per heavy atom. The highest BCUT2D eigenvalue weighted by atomic mass is 31.2. The molecule has 8 nitrogen and oxygen atoms in total. The lowest BCUT2D eigenvalue weighted by Gasteiger charge is -2.18. The molecule has 12 heteroatoms. The first-order valence-electron chi connectivity index (χ1n) is 6.66. The van der Waals surface area contributed by atoms with E-state index < -0.39 is 25.8 Å². The Balaban J connectivity index is 2.32. The quantitative estimate of drug-likeness (QED) is 0.782. The Labute approximate surface area is 134 Å². The van der Waals surface area contributed by atoms with E-state index in [1.54, 1.807) is 18.3 Å². The molecule has 2 heterocycles. The maximum atomic E-state index is 12.9. The van der Waals surface area contributed by atoms with E-state index in [4.69, 9.17) is 9.79 Å². The maximum absolute atomic E-state index is 12.9. The van der Waals surface area contributed by atoms with Gasteiger partial charge in [-0.05, 0) is 17.5 Å². The SMILES string of the molecule is CC(C)c1ccc(-n2cc(C(OP(=O)(O)O)C(F)(F)F)nn2)nc1. The summed E-state index contributed by atoms with van der Waals surface area (Å²) in [6.45, 7) is 3.91. The first kappa shape index (κ1) is 18.5. The molecule has 24 heavy (non-hydrogen) atoms. The molecule has 0 saturated carbocycles. The van der Waals surface area contributed by atoms with Crippen LogP contribution in [-0.4, -0.2) is 35.9 Å². The molecule has 2 aromatic rings. The van der Waals surface area contributed by atoms with Crippen molar-refractivity contribution in [2.45, 2.75) is 32.0 Å². The minimum Gasteiger partial charge on any atom is -0.303 e. The second-order valence-electron chi connectivity index (χ2n) is 5.21. The van der Waals surface area contributed by atoms with Crippen LogP contribution in [0.4, 0.5) is 13.2 Å². The second kappa shape index (κ2) is 6.60. The minimum atomic E-state index is -5.38. The molecular formula is C12H14F3N4O4P. The molecule has 132 valence electrons. The zero-order valence-electron chi connectivity index (χ0n) is 12.5. The van der Waals surface area contributed by atoms with Crippen LogP contribution in [0.5, 0.6) is 0 Å². The normalized spacial score (nSPS) is 14.2. The van der Waals surface area contributed by atoms with Gasteiger partial charge in [0.2, 0.25) is 6.10 Å². The molecule has 0 saturated heterocycles. The van der Waals surface area contributed by atoms with Gasteiger partial charge in [0, 0.05) is 6.20 Å². The van der Waals surface area contributed by atoms with E-state index in [-0.39, 0.29) is 11.7 Å². The van der Waals surface area contributed by atoms with Crippen molar-refractivity contribution in [1.82, 2.24) is 20.0 Å². The van der Waals surface area contributed by atoms with Crippen molar-refractivity contribution in [2.24, 2.45) is 0 Å². The molecule has 0 amide bonds. The fraction of sp³-hybridized carbons (Fsp3) is 0.417. The van der Waals surface area contributed by atoms with Gasteiger partial charge in [0.1, 0.15) is 5.69 Å². The number of phosphoric ester groups is 1. The minimum absolute atomic E-state index is 0.204. The molecule has 0 aromatic carbocycles. The first-order valence-corrected chi connectivity index (χ1v) is 8.19. The van der Waals surface area contributed by atoms with Crippen LogP contribution in [0.1, 0.15) is 37.1 Å². The summed E-state index contributed by atoms with van der Waals surface area (Å²) in [6.07, 6.45) is -5.57. The van der Waals surface area contributed by atoms with Crippen molar-refractivity contribution in [3.63, 3.8) is 0 Å². The lowest BCUT2D eigenvalue weighted by Crippen LogP contribution is -2.23. The van der Waals surface area contributed by atoms with Crippen molar-refractivity contribution in [1.29, 1.82) is 0 Å². The van der Waals surface area contributed by atoms with E-state index in [2.05, 4.69) is 19.8 Å². The van der Waals surface area contributed by atoms with Gasteiger partial charge in [-0.15, -0.1) is 5.10 Å². The molecule has 2 aromatic heterocycles. The van der Waals surface area contributed by atoms with E-state index >= 15 is 0 Å². The zero-order chi connectivity index (χ0) is 18.1. The highest BCUT2D eigenvalue weighted by molar-refractivity contribution is 7.46. The van der Waals surface area contributed by atoms with Gasteiger partial charge in [0.05, 0.1) is 6.20 Å². The molecule has 0 bridgehead atoms. The Bertz CT molecular complexity index is 742. The molecule has 0 aliphatic heterocycles. The van der Waals surface area contributed by atoms with E-state index in [1.807, 2.05) is 13.8 Å². The summed E-state index contributed by atoms with van der Waals surface area (Å²) in [5.41, 5.74) is 0.137. The van der Waals surface area contributed by atoms with Gasteiger partial charge < -0.3 is 9.79 Å². The van der Waals surface area contributed by atoms with Crippen molar-refractivity contribution in [3.05, 3.63) is 35.8 Å². The number of hydrogen-bond acceptors (Lipinski definition) is 5. The van der Waals surface area contributed by atoms with E-state index in [1.165, 1.54) is 0 Å². The first-order chi connectivity index (χ1) is 11.0. The highest BCUT2D eigenvalue weighted by Crippen LogP contribution is 2.47. The van der Waals surface area contributed by atoms with Crippen LogP contribution in [0.3, 0.4) is 0 Å². The molecular weight excluding hydrogens is 352 g/mol. The third kappa shape index (κ3) is 4.60. The number of aromatic nitrogens is 4. The summed E-state index contributed by atoms with van der Waals surface area (Å²) in [7, 11) is -5.38. The van der Waals surface area contributed by atoms with Crippen LogP contribution < -0.4 is 0 Å². The average Bonchev–Trinajstić information content (AvgIpc) is 2.92. The molecule has 0 aliphatic carbocycles. The van der Waals surface area contributed by atoms with Gasteiger partial charge in [-0.1, -0.05) is 25.1 Å². The van der Waals surface area contributed by atoms with Crippen LogP contribution in [0.15, 0.2) is 24.5 Å². The lowest BCUT2D eigenvalue weighted by atomic mass is 10.1. The molecule has 2 rings (SSSR count). The van der Waals surface area contributed by atoms with Gasteiger partial charge in [-0.3, -0.25) is 4.52 Å². The van der Waals surface area contributed by atoms with E-state index in [9.17, 15) is 17.7 Å². The molecule has 0 spiro atoms. The Morgan fingerprint density at radius 3 is 2.42 bits per heavy atom. The Kier molecular flexibility index (Phi) is 5.09. The summed E-state index contributed by atoms with van der Waals surface area (Å²) in [6, 6.07) is 3.28. The molecule has 1 unspecified atom stereocenters. The molecule has 0 fully saturated rings. The maximum Gasteiger partial charge on any atom is 0.470 e. The van der Waals surface area contributed by atoms with Crippen LogP contribution in [0.25, 0.3) is 5.82 Å². The molecule has 0 radical (unpaired) electrons. The topological polar surface area (TPSA) is 110 Å². The number of pyridine rings is 1. The summed E-state index contributed by atoms with van der Waals surface area (Å²) in [5.74, 6) is 0.430. The summed E-state index contributed by atoms with van der Waals surface area (Å²) in [5, 5.41) is 6.78. The smallest absolute Gasteiger partial charge is 0.303 e. The molecule has 1 atom stereocenters. The van der Waals surface area contributed by atoms with Crippen molar-refractivity contribution >= 4 is 7.82 Å². The number of rotatable bonds is 5. The zero-order valence-corrected chi connectivity index (χ0v) is 13.4. The summed E-state index contributed by atoms with van der Waals surface area (Å²) < 4.78 is 54.3. The van der Waals surface area contributed by atoms with Crippen LogP contribution in [0, 0.1) is 0 Å². The van der Waals surface area contributed by atoms with Crippen molar-refractivity contribution < 1.29 is 32.0 Å². The van der Waals surface area contributed by atoms with Gasteiger partial charge in [-0.25, -0.2) is 14.2 Å². The lowest BCUT2D eigenvalue weighted by molar-refractivity contribution is -0.203. The van der Waals surface area contributed by atoms with Crippen LogP contribution in [0.2, 0.25) is 0 Å². The fourth-order valence-electron chi connectivity index (χ4n) is 1.80. The molecule has 0 aliphatic rings. The highest BCUT2D eigenvalue weighted by Gasteiger charge is 2.47. The average molecular weight is 366 g/mol. The van der Waals surface area contributed by atoms with Crippen molar-refractivity contribution in [2.75, 3.05) is 0 Å². The standard InChI is InChI=1S/C12H14F3N4O4P/c1-7(2)8-3-4-10(16-5-8)19-6-9(17-18-19)11(12(13,14)15)23-24(20,21)22/h3-7,11H,1-2H3,(H2,20,21,22). The monoisotopic (exact) mass is 366 g/mol. The molecule has 2 N–H and O–H groups in total.